The first-order valence-electron chi connectivity index (χ1n) is 5.86. The molecule has 0 spiro atoms. The molecule has 1 aromatic rings. The molecule has 0 bridgehead atoms. The maximum Gasteiger partial charge on any atom is 0.217 e. The second-order valence-electron chi connectivity index (χ2n) is 4.15. The van der Waals surface area contributed by atoms with Gasteiger partial charge in [-0.15, -0.1) is 0 Å². The first-order valence-corrected chi connectivity index (χ1v) is 5.86. The van der Waals surface area contributed by atoms with Gasteiger partial charge in [-0.05, 0) is 44.0 Å². The Labute approximate surface area is 101 Å². The Hall–Kier alpha value is -1.42. The number of halogens is 1. The van der Waals surface area contributed by atoms with Crippen LogP contribution in [0.25, 0.3) is 0 Å². The lowest BCUT2D eigenvalue weighted by Crippen LogP contribution is -2.20. The average molecular weight is 238 g/mol. The molecule has 0 radical (unpaired) electrons. The average Bonchev–Trinajstić information content (AvgIpc) is 2.28. The molecule has 17 heavy (non-hydrogen) atoms. The van der Waals surface area contributed by atoms with E-state index in [0.29, 0.717) is 6.42 Å². The van der Waals surface area contributed by atoms with Crippen molar-refractivity contribution < 1.29 is 9.18 Å². The van der Waals surface area contributed by atoms with Crippen LogP contribution in [0.1, 0.15) is 37.8 Å². The van der Waals surface area contributed by atoms with E-state index in [1.807, 2.05) is 13.0 Å². The lowest BCUT2D eigenvalue weighted by Gasteiger charge is -2.14. The maximum atomic E-state index is 13.0. The predicted molar refractivity (Wildman–Crippen MR) is 65.9 cm³/mol. The Balaban J connectivity index is 2.25. The summed E-state index contributed by atoms with van der Waals surface area (Å²) in [5.74, 6) is -0.479. The fourth-order valence-electron chi connectivity index (χ4n) is 1.64. The highest BCUT2D eigenvalue weighted by molar-refractivity contribution is 5.73. The number of carbonyl (C=O) groups excluding carboxylic acids is 1. The van der Waals surface area contributed by atoms with Crippen LogP contribution in [0.15, 0.2) is 24.3 Å². The van der Waals surface area contributed by atoms with Gasteiger partial charge < -0.3 is 11.1 Å². The zero-order valence-corrected chi connectivity index (χ0v) is 10.1. The largest absolute Gasteiger partial charge is 0.370 e. The summed E-state index contributed by atoms with van der Waals surface area (Å²) in [5, 5.41) is 3.28. The van der Waals surface area contributed by atoms with E-state index in [-0.39, 0.29) is 17.8 Å². The molecule has 0 fully saturated rings. The Bertz CT molecular complexity index is 368. The first kappa shape index (κ1) is 13.6. The number of hydrogen-bond donors (Lipinski definition) is 2. The molecule has 4 heteroatoms. The minimum atomic E-state index is -0.261. The third-order valence-electron chi connectivity index (χ3n) is 2.65. The van der Waals surface area contributed by atoms with Crippen molar-refractivity contribution in [2.45, 2.75) is 32.2 Å². The number of rotatable bonds is 7. The van der Waals surface area contributed by atoms with Crippen molar-refractivity contribution in [3.8, 4) is 0 Å². The molecule has 94 valence electrons. The van der Waals surface area contributed by atoms with Gasteiger partial charge in [-0.2, -0.15) is 0 Å². The van der Waals surface area contributed by atoms with Crippen molar-refractivity contribution in [1.82, 2.24) is 5.32 Å². The summed E-state index contributed by atoms with van der Waals surface area (Å²) in [6, 6.07) is 6.67. The molecule has 0 heterocycles. The number of carbonyl (C=O) groups is 1. The third-order valence-corrected chi connectivity index (χ3v) is 2.65. The highest BCUT2D eigenvalue weighted by atomic mass is 19.1. The summed E-state index contributed by atoms with van der Waals surface area (Å²) < 4.78 is 13.0. The Morgan fingerprint density at radius 2 is 2.24 bits per heavy atom. The van der Waals surface area contributed by atoms with Crippen LogP contribution in [-0.2, 0) is 4.79 Å². The molecule has 0 aliphatic heterocycles. The Morgan fingerprint density at radius 1 is 1.47 bits per heavy atom. The van der Waals surface area contributed by atoms with E-state index in [1.165, 1.54) is 12.1 Å². The third kappa shape index (κ3) is 5.45. The van der Waals surface area contributed by atoms with E-state index >= 15 is 0 Å². The lowest BCUT2D eigenvalue weighted by molar-refractivity contribution is -0.118. The van der Waals surface area contributed by atoms with Crippen LogP contribution in [0.4, 0.5) is 4.39 Å². The van der Waals surface area contributed by atoms with Crippen molar-refractivity contribution in [3.05, 3.63) is 35.6 Å². The molecule has 1 amide bonds. The topological polar surface area (TPSA) is 55.1 Å². The molecule has 0 aliphatic carbocycles. The predicted octanol–water partition coefficient (Wildman–Crippen LogP) is 2.13. The van der Waals surface area contributed by atoms with E-state index in [9.17, 15) is 9.18 Å². The summed E-state index contributed by atoms with van der Waals surface area (Å²) >= 11 is 0. The van der Waals surface area contributed by atoms with E-state index < -0.39 is 0 Å². The van der Waals surface area contributed by atoms with Gasteiger partial charge in [0.25, 0.3) is 0 Å². The molecule has 1 aromatic carbocycles. The van der Waals surface area contributed by atoms with E-state index in [1.54, 1.807) is 6.07 Å². The SMILES string of the molecule is C[C@@H](NCCCCC(N)=O)c1cccc(F)c1. The van der Waals surface area contributed by atoms with Crippen LogP contribution in [-0.4, -0.2) is 12.5 Å². The minimum Gasteiger partial charge on any atom is -0.370 e. The number of benzene rings is 1. The van der Waals surface area contributed by atoms with Gasteiger partial charge in [-0.1, -0.05) is 12.1 Å². The van der Waals surface area contributed by atoms with Crippen molar-refractivity contribution in [1.29, 1.82) is 0 Å². The van der Waals surface area contributed by atoms with Crippen LogP contribution in [0, 0.1) is 5.82 Å². The van der Waals surface area contributed by atoms with Crippen LogP contribution in [0.3, 0.4) is 0 Å². The fraction of sp³-hybridized carbons (Fsp3) is 0.462. The van der Waals surface area contributed by atoms with Gasteiger partial charge in [0.1, 0.15) is 5.82 Å². The van der Waals surface area contributed by atoms with Crippen LogP contribution >= 0.6 is 0 Å². The van der Waals surface area contributed by atoms with Gasteiger partial charge >= 0.3 is 0 Å². The monoisotopic (exact) mass is 238 g/mol. The van der Waals surface area contributed by atoms with E-state index in [0.717, 1.165) is 24.9 Å². The Morgan fingerprint density at radius 3 is 2.88 bits per heavy atom. The second-order valence-corrected chi connectivity index (χ2v) is 4.15. The van der Waals surface area contributed by atoms with Crippen LogP contribution in [0.5, 0.6) is 0 Å². The van der Waals surface area contributed by atoms with Crippen molar-refractivity contribution in [2.24, 2.45) is 5.73 Å². The lowest BCUT2D eigenvalue weighted by atomic mass is 10.1. The number of amides is 1. The van der Waals surface area contributed by atoms with E-state index in [4.69, 9.17) is 5.73 Å². The molecular formula is C13H19FN2O. The van der Waals surface area contributed by atoms with Gasteiger partial charge in [-0.3, -0.25) is 4.79 Å². The molecular weight excluding hydrogens is 219 g/mol. The first-order chi connectivity index (χ1) is 8.09. The molecule has 3 nitrogen and oxygen atoms in total. The molecule has 0 aromatic heterocycles. The van der Waals surface area contributed by atoms with Gasteiger partial charge in [0.15, 0.2) is 0 Å². The number of hydrogen-bond acceptors (Lipinski definition) is 2. The molecule has 0 unspecified atom stereocenters. The highest BCUT2D eigenvalue weighted by Gasteiger charge is 2.04. The van der Waals surface area contributed by atoms with E-state index in [2.05, 4.69) is 5.32 Å². The smallest absolute Gasteiger partial charge is 0.217 e. The zero-order valence-electron chi connectivity index (χ0n) is 10.1. The molecule has 1 rings (SSSR count). The van der Waals surface area contributed by atoms with Crippen LogP contribution in [0.2, 0.25) is 0 Å². The van der Waals surface area contributed by atoms with Gasteiger partial charge in [-0.25, -0.2) is 4.39 Å². The van der Waals surface area contributed by atoms with Gasteiger partial charge in [0, 0.05) is 12.5 Å². The molecule has 0 saturated carbocycles. The number of nitrogens with one attached hydrogen (secondary N) is 1. The normalized spacial score (nSPS) is 12.4. The quantitative estimate of drug-likeness (QED) is 0.715. The van der Waals surface area contributed by atoms with Gasteiger partial charge in [0.05, 0.1) is 0 Å². The summed E-state index contributed by atoms with van der Waals surface area (Å²) in [5.41, 5.74) is 5.97. The molecule has 1 atom stereocenters. The molecule has 3 N–H and O–H groups in total. The summed E-state index contributed by atoms with van der Waals surface area (Å²) in [6.45, 7) is 2.79. The highest BCUT2D eigenvalue weighted by Crippen LogP contribution is 2.13. The van der Waals surface area contributed by atoms with Crippen molar-refractivity contribution in [3.63, 3.8) is 0 Å². The minimum absolute atomic E-state index is 0.110. The number of nitrogens with two attached hydrogens (primary N) is 1. The van der Waals surface area contributed by atoms with Crippen molar-refractivity contribution in [2.75, 3.05) is 6.54 Å². The summed E-state index contributed by atoms with van der Waals surface area (Å²) in [7, 11) is 0. The number of unbranched alkanes of at least 4 members (excludes halogenated alkanes) is 1. The summed E-state index contributed by atoms with van der Waals surface area (Å²) in [4.78, 5) is 10.5. The van der Waals surface area contributed by atoms with Crippen molar-refractivity contribution >= 4 is 5.91 Å². The number of primary amides is 1. The summed E-state index contributed by atoms with van der Waals surface area (Å²) in [6.07, 6.45) is 2.11. The maximum absolute atomic E-state index is 13.0. The molecule has 0 aliphatic rings. The fourth-order valence-corrected chi connectivity index (χ4v) is 1.64. The zero-order chi connectivity index (χ0) is 12.7. The second kappa shape index (κ2) is 7.01. The Kier molecular flexibility index (Phi) is 5.63. The standard InChI is InChI=1S/C13H19FN2O/c1-10(11-5-4-6-12(14)9-11)16-8-3-2-7-13(15)17/h4-6,9-10,16H,2-3,7-8H2,1H3,(H2,15,17)/t10-/m1/s1. The van der Waals surface area contributed by atoms with Crippen LogP contribution < -0.4 is 11.1 Å². The van der Waals surface area contributed by atoms with Gasteiger partial charge in [0.2, 0.25) is 5.91 Å². The molecule has 0 saturated heterocycles.